The molecule has 0 fully saturated rings. The van der Waals surface area contributed by atoms with Gasteiger partial charge in [-0.15, -0.1) is 0 Å². The molecule has 0 amide bonds. The molecule has 0 aliphatic carbocycles. The molecule has 0 aromatic rings. The number of carbonyl (C=O) groups is 2. The van der Waals surface area contributed by atoms with Gasteiger partial charge in [0.25, 0.3) is 0 Å². The Balaban J connectivity index is -0.000000256. The van der Waals surface area contributed by atoms with Crippen LogP contribution in [0.2, 0.25) is 0 Å². The van der Waals surface area contributed by atoms with Crippen molar-refractivity contribution in [2.45, 2.75) is 24.9 Å². The summed E-state index contributed by atoms with van der Waals surface area (Å²) in [6, 6.07) is -1.59. The van der Waals surface area contributed by atoms with Crippen LogP contribution >= 0.6 is 23.5 Å². The van der Waals surface area contributed by atoms with E-state index in [9.17, 15) is 19.8 Å². The first kappa shape index (κ1) is 24.1. The fourth-order valence-corrected chi connectivity index (χ4v) is 1.70. The van der Waals surface area contributed by atoms with Gasteiger partial charge in [0.1, 0.15) is 0 Å². The summed E-state index contributed by atoms with van der Waals surface area (Å²) in [7, 11) is 0. The fraction of sp³-hybridized carbons (Fsp3) is 0.800. The molecule has 117 valence electrons. The van der Waals surface area contributed by atoms with E-state index >= 15 is 0 Å². The summed E-state index contributed by atoms with van der Waals surface area (Å²) in [4.78, 5) is 19.9. The third-order valence-corrected chi connectivity index (χ3v) is 3.16. The Kier molecular flexibility index (Phi) is 20.5. The maximum atomic E-state index is 9.96. The quantitative estimate of drug-likeness (QED) is 0.459. The summed E-state index contributed by atoms with van der Waals surface area (Å²) in [6.45, 7) is 0. The Bertz CT molecular complexity index is 224. The molecule has 6 nitrogen and oxygen atoms in total. The van der Waals surface area contributed by atoms with E-state index in [1.807, 2.05) is 12.5 Å². The number of hydrogen-bond donors (Lipinski definition) is 2. The maximum absolute atomic E-state index is 9.96. The van der Waals surface area contributed by atoms with Crippen LogP contribution in [0.5, 0.6) is 0 Å². The molecule has 0 aliphatic heterocycles. The first-order valence-corrected chi connectivity index (χ1v) is 8.06. The van der Waals surface area contributed by atoms with E-state index in [4.69, 9.17) is 11.5 Å². The van der Waals surface area contributed by atoms with Crippen molar-refractivity contribution in [1.82, 2.24) is 0 Å². The number of carboxylic acids is 2. The molecular formula is C10H20CuN2O4S2. The van der Waals surface area contributed by atoms with Crippen LogP contribution in [0, 0.1) is 0 Å². The van der Waals surface area contributed by atoms with E-state index in [-0.39, 0.29) is 17.1 Å². The van der Waals surface area contributed by atoms with Crippen molar-refractivity contribution in [2.75, 3.05) is 24.0 Å². The molecule has 0 saturated heterocycles. The largest absolute Gasteiger partial charge is 2.00 e. The van der Waals surface area contributed by atoms with Crippen molar-refractivity contribution < 1.29 is 36.9 Å². The topological polar surface area (TPSA) is 132 Å². The van der Waals surface area contributed by atoms with E-state index in [0.717, 1.165) is 11.5 Å². The number of hydrogen-bond acceptors (Lipinski definition) is 8. The van der Waals surface area contributed by atoms with Crippen molar-refractivity contribution >= 4 is 35.5 Å². The average molecular weight is 360 g/mol. The van der Waals surface area contributed by atoms with Crippen molar-refractivity contribution in [2.24, 2.45) is 11.5 Å². The summed E-state index contributed by atoms with van der Waals surface area (Å²) in [6.07, 6.45) is 4.79. The summed E-state index contributed by atoms with van der Waals surface area (Å²) >= 11 is 3.15. The predicted octanol–water partition coefficient (Wildman–Crippen LogP) is -2.37. The Morgan fingerprint density at radius 3 is 1.37 bits per heavy atom. The van der Waals surface area contributed by atoms with E-state index in [2.05, 4.69) is 0 Å². The van der Waals surface area contributed by atoms with Crippen LogP contribution in [0.1, 0.15) is 12.8 Å². The number of nitrogens with two attached hydrogens (primary N) is 2. The van der Waals surface area contributed by atoms with Gasteiger partial charge in [0.2, 0.25) is 0 Å². The zero-order valence-electron chi connectivity index (χ0n) is 10.9. The van der Waals surface area contributed by atoms with Crippen molar-refractivity contribution in [3.8, 4) is 0 Å². The third kappa shape index (κ3) is 18.1. The molecule has 2 unspecified atom stereocenters. The minimum Gasteiger partial charge on any atom is -0.548 e. The molecule has 0 aliphatic rings. The van der Waals surface area contributed by atoms with Gasteiger partial charge in [-0.25, -0.2) is 0 Å². The van der Waals surface area contributed by atoms with Gasteiger partial charge in [-0.2, -0.15) is 23.5 Å². The monoisotopic (exact) mass is 359 g/mol. The first-order chi connectivity index (χ1) is 8.36. The van der Waals surface area contributed by atoms with E-state index in [0.29, 0.717) is 12.8 Å². The van der Waals surface area contributed by atoms with Crippen LogP contribution in [-0.4, -0.2) is 48.0 Å². The molecule has 4 N–H and O–H groups in total. The number of thioether (sulfide) groups is 2. The van der Waals surface area contributed by atoms with Crippen molar-refractivity contribution in [3.05, 3.63) is 0 Å². The zero-order valence-corrected chi connectivity index (χ0v) is 13.5. The molecule has 0 rings (SSSR count). The SMILES string of the molecule is CSCCC(N)C(=O)[O-].CSCCC(N)C(=O)[O-].[Cu+2]. The molecule has 0 saturated carbocycles. The van der Waals surface area contributed by atoms with E-state index in [1.165, 1.54) is 0 Å². The number of carbonyl (C=O) groups excluding carboxylic acids is 2. The van der Waals surface area contributed by atoms with E-state index < -0.39 is 24.0 Å². The van der Waals surface area contributed by atoms with Crippen LogP contribution in [0.25, 0.3) is 0 Å². The van der Waals surface area contributed by atoms with Gasteiger partial charge in [0.15, 0.2) is 0 Å². The molecule has 0 aromatic heterocycles. The second-order valence-corrected chi connectivity index (χ2v) is 5.39. The molecule has 0 heterocycles. The Hall–Kier alpha value is 0.0795. The molecular weight excluding hydrogens is 340 g/mol. The van der Waals surface area contributed by atoms with Crippen LogP contribution < -0.4 is 21.7 Å². The second kappa shape index (κ2) is 16.1. The van der Waals surface area contributed by atoms with Crippen LogP contribution in [0.3, 0.4) is 0 Å². The summed E-state index contributed by atoms with van der Waals surface area (Å²) in [5.41, 5.74) is 10.3. The van der Waals surface area contributed by atoms with Crippen LogP contribution in [-0.2, 0) is 26.7 Å². The minimum atomic E-state index is -1.16. The van der Waals surface area contributed by atoms with Crippen molar-refractivity contribution in [1.29, 1.82) is 0 Å². The number of rotatable bonds is 8. The minimum absolute atomic E-state index is 0. The fourth-order valence-electron chi connectivity index (χ4n) is 0.725. The molecule has 0 aromatic carbocycles. The van der Waals surface area contributed by atoms with Crippen LogP contribution in [0.15, 0.2) is 0 Å². The van der Waals surface area contributed by atoms with Gasteiger partial charge in [0.05, 0.1) is 11.9 Å². The molecule has 1 radical (unpaired) electrons. The van der Waals surface area contributed by atoms with Gasteiger partial charge in [-0.1, -0.05) is 0 Å². The van der Waals surface area contributed by atoms with Gasteiger partial charge in [0, 0.05) is 12.1 Å². The molecule has 19 heavy (non-hydrogen) atoms. The van der Waals surface area contributed by atoms with Crippen LogP contribution in [0.4, 0.5) is 0 Å². The Morgan fingerprint density at radius 1 is 0.947 bits per heavy atom. The Labute approximate surface area is 132 Å². The maximum Gasteiger partial charge on any atom is 2.00 e. The van der Waals surface area contributed by atoms with Gasteiger partial charge >= 0.3 is 17.1 Å². The molecule has 0 spiro atoms. The normalized spacial score (nSPS) is 12.4. The zero-order chi connectivity index (χ0) is 14.6. The third-order valence-electron chi connectivity index (χ3n) is 1.87. The number of carboxylic acid groups (broad SMARTS) is 2. The summed E-state index contributed by atoms with van der Waals surface area (Å²) in [5, 5.41) is 19.9. The number of aliphatic carboxylic acids is 2. The van der Waals surface area contributed by atoms with Gasteiger partial charge in [-0.05, 0) is 36.9 Å². The van der Waals surface area contributed by atoms with Gasteiger partial charge in [-0.3, -0.25) is 0 Å². The van der Waals surface area contributed by atoms with Gasteiger partial charge < -0.3 is 31.3 Å². The summed E-state index contributed by atoms with van der Waals surface area (Å²) < 4.78 is 0. The van der Waals surface area contributed by atoms with Crippen molar-refractivity contribution in [3.63, 3.8) is 0 Å². The smallest absolute Gasteiger partial charge is 0.548 e. The molecule has 9 heteroatoms. The first-order valence-electron chi connectivity index (χ1n) is 5.27. The summed E-state index contributed by atoms with van der Waals surface area (Å²) in [5.74, 6) is -0.780. The average Bonchev–Trinajstić information content (AvgIpc) is 2.33. The standard InChI is InChI=1S/2C5H11NO2S.Cu/c2*1-9-3-2-4(6)5(7)8;/h2*4H,2-3,6H2,1H3,(H,7,8);/q;;+2/p-2. The molecule has 2 atom stereocenters. The predicted molar refractivity (Wildman–Crippen MR) is 72.0 cm³/mol. The second-order valence-electron chi connectivity index (χ2n) is 3.41. The molecule has 0 bridgehead atoms. The Morgan fingerprint density at radius 2 is 1.21 bits per heavy atom. The van der Waals surface area contributed by atoms with E-state index in [1.54, 1.807) is 23.5 Å².